The number of benzene rings is 1. The number of hydrogen-bond donors (Lipinski definition) is 1. The van der Waals surface area contributed by atoms with Gasteiger partial charge in [0, 0.05) is 29.9 Å². The first kappa shape index (κ1) is 14.0. The van der Waals surface area contributed by atoms with Crippen LogP contribution in [0.1, 0.15) is 41.4 Å². The number of aryl methyl sites for hydroxylation is 2. The minimum atomic E-state index is -0.0621. The Labute approximate surface area is 125 Å². The molecule has 1 aromatic carbocycles. The number of aromatic nitrogens is 2. The second kappa shape index (κ2) is 5.82. The third-order valence-corrected chi connectivity index (χ3v) is 3.92. The summed E-state index contributed by atoms with van der Waals surface area (Å²) in [4.78, 5) is 9.35. The largest absolute Gasteiger partial charge is 0.482 e. The van der Waals surface area contributed by atoms with Crippen molar-refractivity contribution in [3.8, 4) is 5.75 Å². The molecule has 0 fully saturated rings. The van der Waals surface area contributed by atoms with E-state index in [0.717, 1.165) is 42.5 Å². The molecule has 2 heterocycles. The standard InChI is InChI=1S/C17H21N3O/c1-4-18-10-14-11(2)19-17(20-12(14)3)16-9-13-7-5-6-8-15(13)21-16/h5-8,16,18H,4,9-10H2,1-3H3. The fraction of sp³-hybridized carbons (Fsp3) is 0.412. The van der Waals surface area contributed by atoms with Crippen molar-refractivity contribution in [3.05, 3.63) is 52.6 Å². The smallest absolute Gasteiger partial charge is 0.170 e. The van der Waals surface area contributed by atoms with E-state index in [2.05, 4.69) is 28.3 Å². The Morgan fingerprint density at radius 1 is 1.19 bits per heavy atom. The second-order valence-electron chi connectivity index (χ2n) is 5.43. The van der Waals surface area contributed by atoms with E-state index in [4.69, 9.17) is 4.74 Å². The van der Waals surface area contributed by atoms with Crippen LogP contribution in [0.5, 0.6) is 5.75 Å². The number of para-hydroxylation sites is 1. The first-order valence-electron chi connectivity index (χ1n) is 7.48. The minimum Gasteiger partial charge on any atom is -0.482 e. The van der Waals surface area contributed by atoms with Gasteiger partial charge in [-0.05, 0) is 32.0 Å². The van der Waals surface area contributed by atoms with Crippen molar-refractivity contribution in [3.63, 3.8) is 0 Å². The Kier molecular flexibility index (Phi) is 3.88. The van der Waals surface area contributed by atoms with Gasteiger partial charge in [-0.2, -0.15) is 0 Å². The maximum Gasteiger partial charge on any atom is 0.170 e. The van der Waals surface area contributed by atoms with Crippen molar-refractivity contribution in [2.75, 3.05) is 6.54 Å². The molecule has 3 rings (SSSR count). The van der Waals surface area contributed by atoms with Crippen LogP contribution < -0.4 is 10.1 Å². The molecule has 0 bridgehead atoms. The van der Waals surface area contributed by atoms with Crippen LogP contribution in [0.15, 0.2) is 24.3 Å². The van der Waals surface area contributed by atoms with Gasteiger partial charge in [0.2, 0.25) is 0 Å². The summed E-state index contributed by atoms with van der Waals surface area (Å²) in [6, 6.07) is 8.16. The van der Waals surface area contributed by atoms with Crippen LogP contribution in [0.25, 0.3) is 0 Å². The molecule has 0 saturated carbocycles. The predicted octanol–water partition coefficient (Wildman–Crippen LogP) is 2.88. The molecule has 1 aliphatic heterocycles. The average molecular weight is 283 g/mol. The van der Waals surface area contributed by atoms with E-state index >= 15 is 0 Å². The highest BCUT2D eigenvalue weighted by atomic mass is 16.5. The van der Waals surface area contributed by atoms with Gasteiger partial charge in [0.1, 0.15) is 5.75 Å². The molecule has 4 heteroatoms. The van der Waals surface area contributed by atoms with Gasteiger partial charge in [-0.3, -0.25) is 0 Å². The maximum atomic E-state index is 5.98. The molecule has 0 amide bonds. The molecule has 0 saturated heterocycles. The highest BCUT2D eigenvalue weighted by molar-refractivity contribution is 5.38. The topological polar surface area (TPSA) is 47.0 Å². The van der Waals surface area contributed by atoms with Crippen molar-refractivity contribution in [1.29, 1.82) is 0 Å². The molecule has 110 valence electrons. The number of fused-ring (bicyclic) bond motifs is 1. The molecule has 1 aromatic heterocycles. The summed E-state index contributed by atoms with van der Waals surface area (Å²) < 4.78 is 5.98. The quantitative estimate of drug-likeness (QED) is 0.937. The van der Waals surface area contributed by atoms with Crippen LogP contribution in [-0.2, 0) is 13.0 Å². The summed E-state index contributed by atoms with van der Waals surface area (Å²) in [5, 5.41) is 3.34. The molecule has 1 N–H and O–H groups in total. The Hall–Kier alpha value is -1.94. The van der Waals surface area contributed by atoms with E-state index in [1.165, 1.54) is 11.1 Å². The normalized spacial score (nSPS) is 16.6. The number of nitrogens with zero attached hydrogens (tertiary/aromatic N) is 2. The minimum absolute atomic E-state index is 0.0621. The third kappa shape index (κ3) is 2.76. The zero-order valence-electron chi connectivity index (χ0n) is 12.8. The lowest BCUT2D eigenvalue weighted by Crippen LogP contribution is -2.18. The summed E-state index contributed by atoms with van der Waals surface area (Å²) in [7, 11) is 0. The molecule has 1 aliphatic rings. The van der Waals surface area contributed by atoms with E-state index in [1.807, 2.05) is 32.0 Å². The lowest BCUT2D eigenvalue weighted by molar-refractivity contribution is 0.227. The van der Waals surface area contributed by atoms with Crippen LogP contribution in [0.2, 0.25) is 0 Å². The molecule has 1 atom stereocenters. The van der Waals surface area contributed by atoms with Crippen LogP contribution >= 0.6 is 0 Å². The van der Waals surface area contributed by atoms with Crippen molar-refractivity contribution < 1.29 is 4.74 Å². The van der Waals surface area contributed by atoms with Gasteiger partial charge >= 0.3 is 0 Å². The first-order chi connectivity index (χ1) is 10.2. The van der Waals surface area contributed by atoms with Gasteiger partial charge in [-0.15, -0.1) is 0 Å². The van der Waals surface area contributed by atoms with Crippen molar-refractivity contribution in [2.24, 2.45) is 0 Å². The van der Waals surface area contributed by atoms with Gasteiger partial charge < -0.3 is 10.1 Å². The highest BCUT2D eigenvalue weighted by Gasteiger charge is 2.27. The van der Waals surface area contributed by atoms with Crippen LogP contribution in [0.4, 0.5) is 0 Å². The van der Waals surface area contributed by atoms with E-state index in [9.17, 15) is 0 Å². The van der Waals surface area contributed by atoms with Gasteiger partial charge in [0.05, 0.1) is 0 Å². The lowest BCUT2D eigenvalue weighted by atomic mass is 10.1. The zero-order valence-corrected chi connectivity index (χ0v) is 12.8. The van der Waals surface area contributed by atoms with Crippen molar-refractivity contribution in [1.82, 2.24) is 15.3 Å². The Balaban J connectivity index is 1.85. The van der Waals surface area contributed by atoms with Gasteiger partial charge in [0.25, 0.3) is 0 Å². The second-order valence-corrected chi connectivity index (χ2v) is 5.43. The van der Waals surface area contributed by atoms with E-state index in [-0.39, 0.29) is 6.10 Å². The maximum absolute atomic E-state index is 5.98. The zero-order chi connectivity index (χ0) is 14.8. The predicted molar refractivity (Wildman–Crippen MR) is 82.4 cm³/mol. The van der Waals surface area contributed by atoms with Crippen LogP contribution in [0.3, 0.4) is 0 Å². The monoisotopic (exact) mass is 283 g/mol. The molecular weight excluding hydrogens is 262 g/mol. The number of rotatable bonds is 4. The number of hydrogen-bond acceptors (Lipinski definition) is 4. The number of nitrogens with one attached hydrogen (secondary N) is 1. The molecule has 2 aromatic rings. The Morgan fingerprint density at radius 3 is 2.57 bits per heavy atom. The van der Waals surface area contributed by atoms with Crippen LogP contribution in [0, 0.1) is 13.8 Å². The van der Waals surface area contributed by atoms with Gasteiger partial charge in [-0.1, -0.05) is 25.1 Å². The molecular formula is C17H21N3O. The van der Waals surface area contributed by atoms with Gasteiger partial charge in [-0.25, -0.2) is 9.97 Å². The van der Waals surface area contributed by atoms with E-state index in [1.54, 1.807) is 0 Å². The first-order valence-corrected chi connectivity index (χ1v) is 7.48. The Bertz CT molecular complexity index is 606. The molecule has 1 unspecified atom stereocenters. The third-order valence-electron chi connectivity index (χ3n) is 3.92. The van der Waals surface area contributed by atoms with E-state index < -0.39 is 0 Å². The SMILES string of the molecule is CCNCc1c(C)nc(C2Cc3ccccc3O2)nc1C. The fourth-order valence-electron chi connectivity index (χ4n) is 2.74. The Morgan fingerprint density at radius 2 is 1.90 bits per heavy atom. The lowest BCUT2D eigenvalue weighted by Gasteiger charge is -2.14. The van der Waals surface area contributed by atoms with Crippen molar-refractivity contribution in [2.45, 2.75) is 39.8 Å². The molecule has 0 radical (unpaired) electrons. The molecule has 21 heavy (non-hydrogen) atoms. The summed E-state index contributed by atoms with van der Waals surface area (Å²) in [5.74, 6) is 1.75. The van der Waals surface area contributed by atoms with Crippen LogP contribution in [-0.4, -0.2) is 16.5 Å². The molecule has 0 aliphatic carbocycles. The molecule has 0 spiro atoms. The summed E-state index contributed by atoms with van der Waals surface area (Å²) >= 11 is 0. The molecule has 4 nitrogen and oxygen atoms in total. The van der Waals surface area contributed by atoms with Gasteiger partial charge in [0.15, 0.2) is 11.9 Å². The van der Waals surface area contributed by atoms with Crippen molar-refractivity contribution >= 4 is 0 Å². The van der Waals surface area contributed by atoms with E-state index in [0.29, 0.717) is 0 Å². The summed E-state index contributed by atoms with van der Waals surface area (Å²) in [5.41, 5.74) is 4.50. The number of ether oxygens (including phenoxy) is 1. The summed E-state index contributed by atoms with van der Waals surface area (Å²) in [6.07, 6.45) is 0.787. The fourth-order valence-corrected chi connectivity index (χ4v) is 2.74. The highest BCUT2D eigenvalue weighted by Crippen LogP contribution is 2.35. The average Bonchev–Trinajstić information content (AvgIpc) is 2.90. The summed E-state index contributed by atoms with van der Waals surface area (Å²) in [6.45, 7) is 7.96.